The average Bonchev–Trinajstić information content (AvgIpc) is 3.93. The van der Waals surface area contributed by atoms with Gasteiger partial charge in [-0.3, -0.25) is 41.6 Å². The molecule has 2 unspecified atom stereocenters. The summed E-state index contributed by atoms with van der Waals surface area (Å²) in [7, 11) is -10.5. The quantitative estimate of drug-likeness (QED) is 0.0550. The van der Waals surface area contributed by atoms with Crippen molar-refractivity contribution in [2.45, 2.75) is 80.9 Å². The normalized spacial score (nSPS) is 31.7. The Hall–Kier alpha value is -4.35. The molecule has 3 aliphatic rings. The van der Waals surface area contributed by atoms with E-state index in [0.29, 0.717) is 0 Å². The number of nitrogen functional groups attached to an aromatic ring is 2. The van der Waals surface area contributed by atoms with Crippen LogP contribution in [0.4, 0.5) is 11.6 Å². The van der Waals surface area contributed by atoms with Gasteiger partial charge in [0.05, 0.1) is 26.1 Å². The van der Waals surface area contributed by atoms with Crippen molar-refractivity contribution in [1.29, 1.82) is 0 Å². The molecule has 11 N–H and O–H groups in total. The summed E-state index contributed by atoms with van der Waals surface area (Å²) < 4.78 is 67.5. The number of phosphoric ester groups is 2. The van der Waals surface area contributed by atoms with E-state index in [1.165, 1.54) is 23.9 Å². The van der Waals surface area contributed by atoms with Gasteiger partial charge in [-0.2, -0.15) is 4.98 Å². The first-order valence-electron chi connectivity index (χ1n) is 17.4. The maximum Gasteiger partial charge on any atom is 0.472 e. The molecule has 7 heterocycles. The van der Waals surface area contributed by atoms with Crippen molar-refractivity contribution in [2.75, 3.05) is 31.3 Å². The molecule has 3 fully saturated rings. The summed E-state index contributed by atoms with van der Waals surface area (Å²) in [5.74, 6) is -0.102. The van der Waals surface area contributed by atoms with Crippen molar-refractivity contribution in [1.82, 2.24) is 38.6 Å². The number of H-pyrrole nitrogens is 1. The van der Waals surface area contributed by atoms with E-state index in [0.717, 1.165) is 27.9 Å². The predicted molar refractivity (Wildman–Crippen MR) is 191 cm³/mol. The minimum Gasteiger partial charge on any atom is -0.394 e. The molecule has 0 amide bonds. The Bertz CT molecular complexity index is 2470. The van der Waals surface area contributed by atoms with E-state index in [1.54, 1.807) is 0 Å². The number of rotatable bonds is 14. The summed E-state index contributed by atoms with van der Waals surface area (Å²) in [4.78, 5) is 76.1. The topological polar surface area (TPSA) is 406 Å². The van der Waals surface area contributed by atoms with Crippen molar-refractivity contribution >= 4 is 38.4 Å². The van der Waals surface area contributed by atoms with Crippen molar-refractivity contribution in [3.05, 3.63) is 68.0 Å². The summed E-state index contributed by atoms with van der Waals surface area (Å²) in [6, 6.07) is 1.23. The van der Waals surface area contributed by atoms with Gasteiger partial charge < -0.3 is 55.9 Å². The Morgan fingerprint density at radius 2 is 1.56 bits per heavy atom. The second-order valence-corrected chi connectivity index (χ2v) is 16.3. The molecular weight excluding hydrogens is 838 g/mol. The van der Waals surface area contributed by atoms with Crippen LogP contribution in [-0.2, 0) is 41.4 Å². The minimum absolute atomic E-state index is 0.0198. The number of nitrogens with one attached hydrogen (secondary N) is 1. The zero-order valence-electron chi connectivity index (χ0n) is 30.3. The number of phosphoric acid groups is 2. The van der Waals surface area contributed by atoms with Crippen molar-refractivity contribution in [3.63, 3.8) is 0 Å². The second kappa shape index (κ2) is 16.6. The maximum atomic E-state index is 13.3. The average molecular weight is 877 g/mol. The van der Waals surface area contributed by atoms with Crippen LogP contribution in [0, 0.1) is 6.92 Å². The first kappa shape index (κ1) is 42.8. The second-order valence-electron chi connectivity index (χ2n) is 13.5. The number of ether oxygens (including phenoxy) is 3. The number of aromatic amines is 1. The van der Waals surface area contributed by atoms with Gasteiger partial charge in [0.1, 0.15) is 72.7 Å². The number of hydrogen-bond acceptors (Lipinski definition) is 22. The predicted octanol–water partition coefficient (Wildman–Crippen LogP) is -3.73. The summed E-state index contributed by atoms with van der Waals surface area (Å²) in [5.41, 5.74) is 9.13. The number of aryl methyl sites for hydroxylation is 1. The third-order valence-corrected chi connectivity index (χ3v) is 11.6. The highest BCUT2D eigenvalue weighted by atomic mass is 31.2. The minimum atomic E-state index is -5.25. The molecule has 28 nitrogen and oxygen atoms in total. The Morgan fingerprint density at radius 3 is 2.27 bits per heavy atom. The summed E-state index contributed by atoms with van der Waals surface area (Å²) >= 11 is 0. The van der Waals surface area contributed by atoms with E-state index in [1.807, 2.05) is 0 Å². The number of nitrogens with two attached hydrogens (primary N) is 2. The van der Waals surface area contributed by atoms with Gasteiger partial charge in [-0.05, 0) is 13.0 Å². The van der Waals surface area contributed by atoms with Crippen LogP contribution in [0.3, 0.4) is 0 Å². The van der Waals surface area contributed by atoms with Crippen molar-refractivity contribution in [3.8, 4) is 0 Å². The molecule has 0 radical (unpaired) electrons. The number of aromatic nitrogens is 8. The highest BCUT2D eigenvalue weighted by molar-refractivity contribution is 7.47. The van der Waals surface area contributed by atoms with Crippen LogP contribution >= 0.6 is 15.6 Å². The fraction of sp³-hybridized carbons (Fsp3) is 0.552. The van der Waals surface area contributed by atoms with Gasteiger partial charge in [0, 0.05) is 24.4 Å². The van der Waals surface area contributed by atoms with Crippen LogP contribution in [-0.4, -0.2) is 137 Å². The summed E-state index contributed by atoms with van der Waals surface area (Å²) in [6.45, 7) is -1.24. The molecule has 0 aliphatic carbocycles. The van der Waals surface area contributed by atoms with E-state index >= 15 is 0 Å². The third-order valence-electron chi connectivity index (χ3n) is 9.58. The first-order chi connectivity index (χ1) is 27.9. The largest absolute Gasteiger partial charge is 0.472 e. The van der Waals surface area contributed by atoms with Crippen LogP contribution < -0.4 is 28.4 Å². The molecule has 0 bridgehead atoms. The molecular formula is C29H38N10O18P2. The van der Waals surface area contributed by atoms with Gasteiger partial charge in [-0.15, -0.1) is 0 Å². The number of aliphatic hydroxyl groups excluding tert-OH is 4. The number of aliphatic hydroxyl groups is 4. The highest BCUT2D eigenvalue weighted by Crippen LogP contribution is 2.52. The van der Waals surface area contributed by atoms with Crippen LogP contribution in [0.5, 0.6) is 0 Å². The molecule has 59 heavy (non-hydrogen) atoms. The van der Waals surface area contributed by atoms with Gasteiger partial charge in [0.25, 0.3) is 5.56 Å². The zero-order valence-corrected chi connectivity index (χ0v) is 32.1. The smallest absolute Gasteiger partial charge is 0.394 e. The Labute approximate surface area is 328 Å². The molecule has 13 atom stereocenters. The SMILES string of the molecule is Cc1cn([C@H]2C[C@H](OP(=O)(O)OC[C@H]3O[C@@H](n4ccc(N)nc4=O)[C@H](O)[C@@H]3O)[C@@H](COP(=O)(O)O[C@H]3[C@@H](O)[C@H](n4cnc5c(N)ncnc54)O[C@@H]3CO)O2)c(=O)[nH]c1=O. The van der Waals surface area contributed by atoms with Crippen molar-refractivity contribution in [2.24, 2.45) is 0 Å². The zero-order chi connectivity index (χ0) is 42.6. The van der Waals surface area contributed by atoms with Crippen LogP contribution in [0.15, 0.2) is 45.5 Å². The molecule has 4 aromatic heterocycles. The Balaban J connectivity index is 1.04. The van der Waals surface area contributed by atoms with Gasteiger partial charge in [0.15, 0.2) is 23.9 Å². The fourth-order valence-electron chi connectivity index (χ4n) is 6.65. The fourth-order valence-corrected chi connectivity index (χ4v) is 8.58. The monoisotopic (exact) mass is 876 g/mol. The third kappa shape index (κ3) is 8.78. The van der Waals surface area contributed by atoms with Crippen LogP contribution in [0.1, 0.15) is 30.7 Å². The van der Waals surface area contributed by atoms with E-state index in [2.05, 4.69) is 24.9 Å². The van der Waals surface area contributed by atoms with Crippen molar-refractivity contribution < 1.29 is 71.6 Å². The molecule has 3 saturated heterocycles. The van der Waals surface area contributed by atoms with Gasteiger partial charge in [-0.1, -0.05) is 0 Å². The molecule has 4 aromatic rings. The number of anilines is 2. The molecule has 3 aliphatic heterocycles. The number of fused-ring (bicyclic) bond motifs is 1. The van der Waals surface area contributed by atoms with E-state index in [9.17, 15) is 53.7 Å². The molecule has 0 saturated carbocycles. The lowest BCUT2D eigenvalue weighted by Gasteiger charge is -2.25. The number of hydrogen-bond donors (Lipinski definition) is 9. The van der Waals surface area contributed by atoms with Gasteiger partial charge in [-0.25, -0.2) is 33.7 Å². The van der Waals surface area contributed by atoms with Gasteiger partial charge >= 0.3 is 27.0 Å². The maximum absolute atomic E-state index is 13.3. The van der Waals surface area contributed by atoms with E-state index < -0.39 is 126 Å². The lowest BCUT2D eigenvalue weighted by molar-refractivity contribution is -0.0637. The number of nitrogens with zero attached hydrogens (tertiary/aromatic N) is 7. The van der Waals surface area contributed by atoms with E-state index in [4.69, 9.17) is 43.8 Å². The Morgan fingerprint density at radius 1 is 0.881 bits per heavy atom. The molecule has 30 heteroatoms. The lowest BCUT2D eigenvalue weighted by atomic mass is 10.1. The number of imidazole rings is 1. The van der Waals surface area contributed by atoms with Gasteiger partial charge in [0.2, 0.25) is 0 Å². The standard InChI is InChI=1S/C29H38N10O18P2/c1-11-5-38(29(46)36-25(11)44)17-4-12(56-58(47,48)52-8-15-19(41)20(42)26(55-15)37-3-2-16(30)35-28(37)45)14(53-17)7-51-59(49,50)57-22-13(6-40)54-27(21(22)43)39-10-34-18-23(31)32-9-33-24(18)39/h2-3,5,9-10,12-15,17,19-22,26-27,40-43H,4,6-8H2,1H3,(H,47,48)(H,49,50)(H2,30,35,45)(H2,31,32,33)(H,36,44,46)/t12-,13+,14+,15+,17+,19+,20+,21+,22+,26+,27+/m0/s1. The van der Waals surface area contributed by atoms with Crippen LogP contribution in [0.25, 0.3) is 11.2 Å². The summed E-state index contributed by atoms with van der Waals surface area (Å²) in [6.07, 6.45) is -12.9. The lowest BCUT2D eigenvalue weighted by Crippen LogP contribution is -2.36. The van der Waals surface area contributed by atoms with Crippen LogP contribution in [0.2, 0.25) is 0 Å². The molecule has 0 aromatic carbocycles. The Kier molecular flexibility index (Phi) is 12.0. The highest BCUT2D eigenvalue weighted by Gasteiger charge is 2.51. The molecule has 322 valence electrons. The molecule has 0 spiro atoms. The van der Waals surface area contributed by atoms with E-state index in [-0.39, 0.29) is 28.4 Å². The first-order valence-corrected chi connectivity index (χ1v) is 20.4. The summed E-state index contributed by atoms with van der Waals surface area (Å²) in [5, 5.41) is 42.2. The molecule has 7 rings (SSSR count).